The Morgan fingerprint density at radius 2 is 1.72 bits per heavy atom. The Labute approximate surface area is 201 Å². The first kappa shape index (κ1) is 24.9. The number of ether oxygens (including phenoxy) is 1. The summed E-state index contributed by atoms with van der Waals surface area (Å²) >= 11 is 0. The Hall–Kier alpha value is -4.26. The van der Waals surface area contributed by atoms with Crippen molar-refractivity contribution in [1.82, 2.24) is 14.8 Å². The normalized spacial score (nSPS) is 11.5. The number of pyridine rings is 1. The number of aryl methyl sites for hydroxylation is 1. The van der Waals surface area contributed by atoms with Crippen LogP contribution < -0.4 is 10.5 Å². The number of nitrogens with two attached hydrogens (primary N) is 1. The van der Waals surface area contributed by atoms with E-state index < -0.39 is 60.3 Å². The van der Waals surface area contributed by atoms with Gasteiger partial charge in [0, 0.05) is 36.8 Å². The van der Waals surface area contributed by atoms with E-state index in [0.29, 0.717) is 29.8 Å². The predicted octanol–water partition coefficient (Wildman–Crippen LogP) is 4.48. The second-order valence-corrected chi connectivity index (χ2v) is 9.24. The largest absolute Gasteiger partial charge is 0.410 e. The summed E-state index contributed by atoms with van der Waals surface area (Å²) < 4.78 is 91.9. The Bertz CT molecular complexity index is 1590. The maximum Gasteiger partial charge on any atom is 0.410 e. The molecule has 0 radical (unpaired) electrons. The number of carbonyl (C=O) groups is 1. The molecule has 8 nitrogen and oxygen atoms in total. The van der Waals surface area contributed by atoms with Crippen LogP contribution in [-0.4, -0.2) is 29.3 Å². The molecule has 0 atom stereocenters. The van der Waals surface area contributed by atoms with Crippen molar-refractivity contribution in [2.24, 2.45) is 5.73 Å². The highest BCUT2D eigenvalue weighted by molar-refractivity contribution is 7.91. The van der Waals surface area contributed by atoms with Gasteiger partial charge in [0.15, 0.2) is 17.4 Å². The van der Waals surface area contributed by atoms with Gasteiger partial charge in [-0.3, -0.25) is 9.67 Å². The lowest BCUT2D eigenvalue weighted by atomic mass is 10.0. The van der Waals surface area contributed by atoms with Crippen LogP contribution in [0.3, 0.4) is 0 Å². The van der Waals surface area contributed by atoms with Crippen molar-refractivity contribution >= 4 is 15.9 Å². The van der Waals surface area contributed by atoms with Crippen molar-refractivity contribution in [3.8, 4) is 28.1 Å². The summed E-state index contributed by atoms with van der Waals surface area (Å²) in [6, 6.07) is 4.94. The van der Waals surface area contributed by atoms with Crippen molar-refractivity contribution in [1.29, 1.82) is 0 Å². The molecule has 0 saturated heterocycles. The molecule has 0 aliphatic carbocycles. The van der Waals surface area contributed by atoms with Crippen molar-refractivity contribution < 1.29 is 35.5 Å². The lowest BCUT2D eigenvalue weighted by Crippen LogP contribution is -2.18. The Kier molecular flexibility index (Phi) is 6.50. The van der Waals surface area contributed by atoms with Crippen LogP contribution in [-0.2, 0) is 16.4 Å². The van der Waals surface area contributed by atoms with E-state index in [9.17, 15) is 22.0 Å². The average molecular weight is 520 g/mol. The summed E-state index contributed by atoms with van der Waals surface area (Å²) in [5.41, 5.74) is 4.27. The second kappa shape index (κ2) is 9.41. The van der Waals surface area contributed by atoms with Gasteiger partial charge in [-0.05, 0) is 42.8 Å². The molecule has 2 aromatic heterocycles. The first-order valence-electron chi connectivity index (χ1n) is 10.2. The molecule has 36 heavy (non-hydrogen) atoms. The average Bonchev–Trinajstić information content (AvgIpc) is 3.26. The van der Waals surface area contributed by atoms with Crippen LogP contribution >= 0.6 is 0 Å². The highest BCUT2D eigenvalue weighted by atomic mass is 32.2. The number of aromatic nitrogens is 3. The predicted molar refractivity (Wildman–Crippen MR) is 119 cm³/mol. The van der Waals surface area contributed by atoms with Gasteiger partial charge in [0.25, 0.3) is 0 Å². The van der Waals surface area contributed by atoms with E-state index in [4.69, 9.17) is 5.73 Å². The van der Waals surface area contributed by atoms with E-state index in [1.807, 2.05) is 0 Å². The van der Waals surface area contributed by atoms with Crippen LogP contribution in [0.1, 0.15) is 6.92 Å². The van der Waals surface area contributed by atoms with Crippen LogP contribution in [0.5, 0.6) is 5.75 Å². The summed E-state index contributed by atoms with van der Waals surface area (Å²) in [6.45, 7) is 1.98. The van der Waals surface area contributed by atoms with Gasteiger partial charge in [0.1, 0.15) is 27.1 Å². The van der Waals surface area contributed by atoms with Gasteiger partial charge in [0.2, 0.25) is 9.84 Å². The third-order valence-electron chi connectivity index (χ3n) is 5.13. The van der Waals surface area contributed by atoms with Crippen molar-refractivity contribution in [3.63, 3.8) is 0 Å². The molecule has 1 amide bonds. The highest BCUT2D eigenvalue weighted by Gasteiger charge is 2.33. The number of hydrogen-bond acceptors (Lipinski definition) is 6. The smallest absolute Gasteiger partial charge is 0.407 e. The van der Waals surface area contributed by atoms with Crippen molar-refractivity contribution in [2.75, 3.05) is 0 Å². The Morgan fingerprint density at radius 1 is 1.03 bits per heavy atom. The number of rotatable bonds is 6. The van der Waals surface area contributed by atoms with Gasteiger partial charge < -0.3 is 10.5 Å². The summed E-state index contributed by atoms with van der Waals surface area (Å²) in [5.74, 6) is -6.70. The van der Waals surface area contributed by atoms with E-state index >= 15 is 8.78 Å². The minimum Gasteiger partial charge on any atom is -0.407 e. The fourth-order valence-corrected chi connectivity index (χ4v) is 4.92. The van der Waals surface area contributed by atoms with Crippen molar-refractivity contribution in [2.45, 2.75) is 23.3 Å². The van der Waals surface area contributed by atoms with Crippen LogP contribution in [0.2, 0.25) is 0 Å². The molecule has 2 N–H and O–H groups in total. The lowest BCUT2D eigenvalue weighted by Gasteiger charge is -2.14. The fourth-order valence-electron chi connectivity index (χ4n) is 3.49. The molecule has 4 aromatic rings. The zero-order valence-electron chi connectivity index (χ0n) is 18.4. The zero-order valence-corrected chi connectivity index (χ0v) is 19.2. The summed E-state index contributed by atoms with van der Waals surface area (Å²) in [5, 5.41) is 4.16. The molecular weight excluding hydrogens is 504 g/mol. The quantitative estimate of drug-likeness (QED) is 0.296. The van der Waals surface area contributed by atoms with Crippen LogP contribution in [0.4, 0.5) is 22.4 Å². The van der Waals surface area contributed by atoms with Crippen LogP contribution in [0, 0.1) is 23.3 Å². The summed E-state index contributed by atoms with van der Waals surface area (Å²) in [4.78, 5) is 12.8. The van der Waals surface area contributed by atoms with E-state index in [-0.39, 0.29) is 17.8 Å². The van der Waals surface area contributed by atoms with Crippen LogP contribution in [0.15, 0.2) is 64.8 Å². The molecule has 0 saturated carbocycles. The minimum atomic E-state index is -5.14. The van der Waals surface area contributed by atoms with E-state index in [0.717, 1.165) is 0 Å². The second-order valence-electron chi connectivity index (χ2n) is 7.36. The molecular formula is C23H16F4N4O4S. The molecule has 186 valence electrons. The molecule has 2 heterocycles. The van der Waals surface area contributed by atoms with E-state index in [1.165, 1.54) is 35.4 Å². The van der Waals surface area contributed by atoms with Gasteiger partial charge in [0.05, 0.1) is 5.56 Å². The highest BCUT2D eigenvalue weighted by Crippen LogP contribution is 2.41. The maximum atomic E-state index is 15.9. The molecule has 13 heteroatoms. The minimum absolute atomic E-state index is 0.188. The van der Waals surface area contributed by atoms with Crippen LogP contribution in [0.25, 0.3) is 22.4 Å². The monoisotopic (exact) mass is 520 g/mol. The fraction of sp³-hybridized carbons (Fsp3) is 0.0870. The van der Waals surface area contributed by atoms with Gasteiger partial charge in [-0.2, -0.15) is 5.10 Å². The molecule has 0 aliphatic rings. The molecule has 0 spiro atoms. The number of hydrogen-bond donors (Lipinski definition) is 1. The lowest BCUT2D eigenvalue weighted by molar-refractivity contribution is 0.208. The number of benzene rings is 2. The van der Waals surface area contributed by atoms with Gasteiger partial charge in [-0.25, -0.2) is 30.8 Å². The standard InChI is InChI=1S/C23H16F4N4O4S/c1-2-31-11-14(12-5-7-29-8-6-12)22(30-31)19-20(26)16(35-23(28)32)10-18(21(19)27)36(33,34)17-9-13(24)3-4-15(17)25/h3-11H,2H2,1H3,(H2,28,32). The molecule has 0 unspecified atom stereocenters. The number of halogens is 4. The zero-order chi connectivity index (χ0) is 26.2. The molecule has 0 aliphatic heterocycles. The van der Waals surface area contributed by atoms with Gasteiger partial charge >= 0.3 is 6.09 Å². The van der Waals surface area contributed by atoms with Gasteiger partial charge in [-0.1, -0.05) is 0 Å². The Balaban J connectivity index is 2.08. The number of carbonyl (C=O) groups excluding carboxylic acids is 1. The number of primary amides is 1. The first-order chi connectivity index (χ1) is 17.0. The van der Waals surface area contributed by atoms with Gasteiger partial charge in [-0.15, -0.1) is 0 Å². The third-order valence-corrected chi connectivity index (χ3v) is 6.90. The molecule has 2 aromatic carbocycles. The molecule has 4 rings (SSSR count). The topological polar surface area (TPSA) is 117 Å². The third kappa shape index (κ3) is 4.40. The van der Waals surface area contributed by atoms with E-state index in [1.54, 1.807) is 6.92 Å². The maximum absolute atomic E-state index is 15.9. The Morgan fingerprint density at radius 3 is 2.36 bits per heavy atom. The first-order valence-corrected chi connectivity index (χ1v) is 11.7. The molecule has 0 fully saturated rings. The van der Waals surface area contributed by atoms with E-state index in [2.05, 4.69) is 14.8 Å². The molecule has 0 bridgehead atoms. The number of nitrogens with zero attached hydrogens (tertiary/aromatic N) is 3. The number of sulfone groups is 1. The SMILES string of the molecule is CCn1cc(-c2ccncc2)c(-c2c(F)c(OC(N)=O)cc(S(=O)(=O)c3cc(F)ccc3F)c2F)n1. The summed E-state index contributed by atoms with van der Waals surface area (Å²) in [6.07, 6.45) is 2.78. The summed E-state index contributed by atoms with van der Waals surface area (Å²) in [7, 11) is -5.14. The number of amides is 1. The van der Waals surface area contributed by atoms with Crippen molar-refractivity contribution in [3.05, 3.63) is 78.3 Å².